The maximum Gasteiger partial charge on any atom is 0.342 e. The van der Waals surface area contributed by atoms with E-state index in [1.807, 2.05) is 54.6 Å². The predicted molar refractivity (Wildman–Crippen MR) is 165 cm³/mol. The molecule has 0 saturated heterocycles. The number of benzene rings is 3. The zero-order valence-electron chi connectivity index (χ0n) is 25.2. The summed E-state index contributed by atoms with van der Waals surface area (Å²) in [6, 6.07) is 16.9. The van der Waals surface area contributed by atoms with E-state index in [2.05, 4.69) is 0 Å². The van der Waals surface area contributed by atoms with Crippen molar-refractivity contribution in [3.8, 4) is 23.0 Å². The summed E-state index contributed by atoms with van der Waals surface area (Å²) in [5.41, 5.74) is 2.73. The Morgan fingerprint density at radius 1 is 0.955 bits per heavy atom. The summed E-state index contributed by atoms with van der Waals surface area (Å²) < 4.78 is 22.5. The molecule has 8 nitrogen and oxygen atoms in total. The summed E-state index contributed by atoms with van der Waals surface area (Å²) >= 11 is 0. The molecule has 0 radical (unpaired) electrons. The predicted octanol–water partition coefficient (Wildman–Crippen LogP) is 6.95. The Kier molecular flexibility index (Phi) is 10.00. The summed E-state index contributed by atoms with van der Waals surface area (Å²) in [6.07, 6.45) is 7.33. The Bertz CT molecular complexity index is 1520. The number of ketones is 1. The summed E-state index contributed by atoms with van der Waals surface area (Å²) in [5, 5.41) is 11.6. The quantitative estimate of drug-likeness (QED) is 0.240. The topological polar surface area (TPSA) is 108 Å². The Morgan fingerprint density at radius 2 is 1.68 bits per heavy atom. The fourth-order valence-corrected chi connectivity index (χ4v) is 5.68. The third kappa shape index (κ3) is 7.48. The second kappa shape index (κ2) is 14.3. The molecule has 2 aliphatic heterocycles. The SMILES string of the molecule is COc1ccc(CCOc2ccc([C@@H]3CC(=O)Oc4cc5c(c(O)c43)C(=O)O[C@H](C)CCCC(=O)CCCC=C5)cc2)cc1. The lowest BCUT2D eigenvalue weighted by atomic mass is 9.83. The number of rotatable bonds is 6. The van der Waals surface area contributed by atoms with Gasteiger partial charge in [0.2, 0.25) is 0 Å². The van der Waals surface area contributed by atoms with Crippen molar-refractivity contribution in [2.75, 3.05) is 13.7 Å². The summed E-state index contributed by atoms with van der Waals surface area (Å²) in [5.74, 6) is 0.0331. The average molecular weight is 599 g/mol. The highest BCUT2D eigenvalue weighted by Gasteiger charge is 2.35. The second-order valence-electron chi connectivity index (χ2n) is 11.3. The molecule has 0 saturated carbocycles. The fourth-order valence-electron chi connectivity index (χ4n) is 5.68. The Morgan fingerprint density at radius 3 is 2.43 bits per heavy atom. The normalized spacial score (nSPS) is 19.2. The van der Waals surface area contributed by atoms with Gasteiger partial charge in [-0.05, 0) is 79.6 Å². The lowest BCUT2D eigenvalue weighted by Crippen LogP contribution is -2.23. The van der Waals surface area contributed by atoms with Crippen LogP contribution < -0.4 is 14.2 Å². The lowest BCUT2D eigenvalue weighted by Gasteiger charge is -2.28. The van der Waals surface area contributed by atoms with E-state index < -0.39 is 24.0 Å². The number of ether oxygens (including phenoxy) is 4. The molecular weight excluding hydrogens is 560 g/mol. The summed E-state index contributed by atoms with van der Waals surface area (Å²) in [7, 11) is 1.64. The number of hydrogen-bond donors (Lipinski definition) is 1. The third-order valence-electron chi connectivity index (χ3n) is 8.08. The van der Waals surface area contributed by atoms with Gasteiger partial charge in [0.05, 0.1) is 26.2 Å². The number of carbonyl (C=O) groups excluding carboxylic acids is 3. The minimum absolute atomic E-state index is 0.00629. The van der Waals surface area contributed by atoms with Crippen molar-refractivity contribution in [1.82, 2.24) is 0 Å². The van der Waals surface area contributed by atoms with Gasteiger partial charge in [0.1, 0.15) is 34.3 Å². The van der Waals surface area contributed by atoms with Gasteiger partial charge in [-0.25, -0.2) is 4.79 Å². The minimum atomic E-state index is -0.655. The fraction of sp³-hybridized carbons (Fsp3) is 0.361. The molecule has 0 unspecified atom stereocenters. The van der Waals surface area contributed by atoms with Crippen LogP contribution in [0.5, 0.6) is 23.0 Å². The molecule has 44 heavy (non-hydrogen) atoms. The smallest absolute Gasteiger partial charge is 0.342 e. The van der Waals surface area contributed by atoms with Gasteiger partial charge in [-0.15, -0.1) is 0 Å². The van der Waals surface area contributed by atoms with E-state index >= 15 is 0 Å². The molecule has 0 bridgehead atoms. The highest BCUT2D eigenvalue weighted by atomic mass is 16.5. The van der Waals surface area contributed by atoms with E-state index in [-0.39, 0.29) is 29.3 Å². The number of carbonyl (C=O) groups is 3. The average Bonchev–Trinajstić information content (AvgIpc) is 3.00. The summed E-state index contributed by atoms with van der Waals surface area (Å²) in [4.78, 5) is 38.3. The van der Waals surface area contributed by atoms with Crippen LogP contribution in [0.3, 0.4) is 0 Å². The number of phenolic OH excluding ortho intramolecular Hbond substituents is 1. The number of Topliss-reactive ketones (excluding diaryl/α,β-unsaturated/α-hetero) is 1. The molecule has 5 rings (SSSR count). The van der Waals surface area contributed by atoms with E-state index in [0.29, 0.717) is 62.0 Å². The van der Waals surface area contributed by atoms with Crippen LogP contribution in [0.15, 0.2) is 60.7 Å². The van der Waals surface area contributed by atoms with Crippen LogP contribution >= 0.6 is 0 Å². The Balaban J connectivity index is 1.39. The van der Waals surface area contributed by atoms with Gasteiger partial charge in [-0.3, -0.25) is 9.59 Å². The van der Waals surface area contributed by atoms with Crippen molar-refractivity contribution in [3.63, 3.8) is 0 Å². The first-order valence-electron chi connectivity index (χ1n) is 15.2. The molecule has 230 valence electrons. The number of aromatic hydroxyl groups is 1. The molecule has 3 aromatic carbocycles. The Labute approximate surface area is 257 Å². The standard InChI is InChI=1S/C36H38O8/c1-23-7-6-10-27(37)9-5-3-4-8-26-21-31-34(35(39)33(26)36(40)43-23)30(22-32(38)44-31)25-13-17-29(18-14-25)42-20-19-24-11-15-28(41-2)16-12-24/h4,8,11-18,21,23,30,39H,3,5-7,9-10,19-20,22H2,1-2H3/t23-,30+/m1/s1. The van der Waals surface area contributed by atoms with E-state index in [9.17, 15) is 19.5 Å². The van der Waals surface area contributed by atoms with Gasteiger partial charge in [0, 0.05) is 30.7 Å². The van der Waals surface area contributed by atoms with Crippen LogP contribution in [0.4, 0.5) is 0 Å². The number of fused-ring (bicyclic) bond motifs is 2. The molecule has 0 spiro atoms. The summed E-state index contributed by atoms with van der Waals surface area (Å²) in [6.45, 7) is 2.27. The monoisotopic (exact) mass is 598 g/mol. The molecule has 0 aliphatic carbocycles. The van der Waals surface area contributed by atoms with Gasteiger partial charge >= 0.3 is 11.9 Å². The highest BCUT2D eigenvalue weighted by Crippen LogP contribution is 2.47. The molecule has 0 amide bonds. The van der Waals surface area contributed by atoms with Crippen LogP contribution in [0.1, 0.15) is 90.4 Å². The van der Waals surface area contributed by atoms with Crippen LogP contribution in [0, 0.1) is 0 Å². The number of cyclic esters (lactones) is 1. The van der Waals surface area contributed by atoms with Gasteiger partial charge in [0.25, 0.3) is 0 Å². The molecule has 8 heteroatoms. The van der Waals surface area contributed by atoms with E-state index in [0.717, 1.165) is 23.3 Å². The third-order valence-corrected chi connectivity index (χ3v) is 8.08. The van der Waals surface area contributed by atoms with Crippen LogP contribution in [-0.2, 0) is 20.7 Å². The molecule has 2 atom stereocenters. The van der Waals surface area contributed by atoms with Crippen LogP contribution in [0.25, 0.3) is 6.08 Å². The van der Waals surface area contributed by atoms with Crippen molar-refractivity contribution in [2.45, 2.75) is 70.3 Å². The van der Waals surface area contributed by atoms with E-state index in [1.165, 1.54) is 0 Å². The molecule has 0 aromatic heterocycles. The maximum absolute atomic E-state index is 13.4. The van der Waals surface area contributed by atoms with Gasteiger partial charge in [0.15, 0.2) is 0 Å². The first kappa shape index (κ1) is 30.9. The van der Waals surface area contributed by atoms with Crippen molar-refractivity contribution in [3.05, 3.63) is 88.5 Å². The van der Waals surface area contributed by atoms with E-state index in [4.69, 9.17) is 18.9 Å². The second-order valence-corrected chi connectivity index (χ2v) is 11.3. The number of esters is 2. The lowest BCUT2D eigenvalue weighted by molar-refractivity contribution is -0.135. The molecule has 2 aliphatic rings. The Hall–Kier alpha value is -4.59. The number of phenols is 1. The van der Waals surface area contributed by atoms with Gasteiger partial charge < -0.3 is 24.1 Å². The van der Waals surface area contributed by atoms with Gasteiger partial charge in [-0.2, -0.15) is 0 Å². The molecule has 0 fully saturated rings. The van der Waals surface area contributed by atoms with Crippen LogP contribution in [0.2, 0.25) is 0 Å². The first-order chi connectivity index (χ1) is 21.3. The van der Waals surface area contributed by atoms with Crippen molar-refractivity contribution in [1.29, 1.82) is 0 Å². The van der Waals surface area contributed by atoms with Crippen LogP contribution in [-0.4, -0.2) is 42.6 Å². The van der Waals surface area contributed by atoms with Gasteiger partial charge in [-0.1, -0.05) is 36.4 Å². The highest BCUT2D eigenvalue weighted by molar-refractivity contribution is 5.98. The molecular formula is C36H38O8. The van der Waals surface area contributed by atoms with Crippen molar-refractivity contribution in [2.24, 2.45) is 0 Å². The number of hydrogen-bond acceptors (Lipinski definition) is 8. The zero-order chi connectivity index (χ0) is 31.1. The van der Waals surface area contributed by atoms with E-state index in [1.54, 1.807) is 26.2 Å². The molecule has 1 N–H and O–H groups in total. The molecule has 3 aromatic rings. The maximum atomic E-state index is 13.4. The zero-order valence-corrected chi connectivity index (χ0v) is 25.2. The largest absolute Gasteiger partial charge is 0.507 e. The number of methoxy groups -OCH3 is 1. The minimum Gasteiger partial charge on any atom is -0.507 e. The van der Waals surface area contributed by atoms with Crippen molar-refractivity contribution < 1.29 is 38.4 Å². The number of allylic oxidation sites excluding steroid dienone is 1. The van der Waals surface area contributed by atoms with Crippen molar-refractivity contribution >= 4 is 23.8 Å². The first-order valence-corrected chi connectivity index (χ1v) is 15.2. The molecule has 2 heterocycles.